The Morgan fingerprint density at radius 1 is 0.559 bits per heavy atom. The molecule has 0 aliphatic carbocycles. The number of anilines is 2. The normalized spacial score (nSPS) is 11.2. The molecule has 20 nitrogen and oxygen atoms in total. The van der Waals surface area contributed by atoms with Gasteiger partial charge in [0.2, 0.25) is 5.88 Å². The van der Waals surface area contributed by atoms with Crippen LogP contribution >= 0.6 is 23.4 Å². The lowest BCUT2D eigenvalue weighted by atomic mass is 10.2. The van der Waals surface area contributed by atoms with E-state index < -0.39 is 58.7 Å². The molecule has 0 saturated heterocycles. The maximum Gasteiger partial charge on any atom is 0.425 e. The molecule has 4 aromatic rings. The first-order chi connectivity index (χ1) is 31.2. The molecular weight excluding hydrogens is 928 g/mol. The van der Waals surface area contributed by atoms with Crippen molar-refractivity contribution in [3.63, 3.8) is 0 Å². The van der Waals surface area contributed by atoms with Crippen LogP contribution in [0.3, 0.4) is 0 Å². The molecule has 0 bridgehead atoms. The minimum atomic E-state index is -0.955. The van der Waals surface area contributed by atoms with Gasteiger partial charge in [-0.15, -0.1) is 0 Å². The standard InChI is InChI=1S/C23H29N3O7.C15H22ClN3O4S.C8H8O3/c1-14-24-17(26(20(28)32-22(2,3)4)21(29)33-23(5,6)7)13-18(25-14)31-16-11-9-15(10-12-16)19(27)30-8;1-14(2,3)22-12(20)19(13(21)23-15(4,5)6)10-8-9(16)17-11(18-10)24-7;1-11-8(10)6-2-4-7(9)5-3-6/h9-13H,1-8H3;8H,1-7H3;2-5,9H,1H3. The summed E-state index contributed by atoms with van der Waals surface area (Å²) in [6, 6.07) is 14.7. The van der Waals surface area contributed by atoms with E-state index in [4.69, 9.17) is 40.4 Å². The van der Waals surface area contributed by atoms with Crippen molar-refractivity contribution < 1.29 is 67.0 Å². The summed E-state index contributed by atoms with van der Waals surface area (Å²) in [6.07, 6.45) is -1.97. The summed E-state index contributed by atoms with van der Waals surface area (Å²) in [5.41, 5.74) is -2.52. The van der Waals surface area contributed by atoms with Gasteiger partial charge in [-0.3, -0.25) is 0 Å². The molecule has 0 spiro atoms. The van der Waals surface area contributed by atoms with E-state index in [1.54, 1.807) is 108 Å². The van der Waals surface area contributed by atoms with Crippen LogP contribution in [0.5, 0.6) is 17.4 Å². The molecule has 4 rings (SSSR count). The maximum absolute atomic E-state index is 12.9. The van der Waals surface area contributed by atoms with E-state index in [9.17, 15) is 28.8 Å². The summed E-state index contributed by atoms with van der Waals surface area (Å²) < 4.78 is 36.2. The number of imide groups is 2. The lowest BCUT2D eigenvalue weighted by Gasteiger charge is -2.28. The minimum absolute atomic E-state index is 0.0112. The number of rotatable bonds is 7. The Morgan fingerprint density at radius 3 is 1.28 bits per heavy atom. The second kappa shape index (κ2) is 24.3. The third-order valence-electron chi connectivity index (χ3n) is 7.19. The lowest BCUT2D eigenvalue weighted by molar-refractivity contribution is 0.0406. The largest absolute Gasteiger partial charge is 0.508 e. The first-order valence-corrected chi connectivity index (χ1v) is 22.0. The number of ether oxygens (including phenoxy) is 7. The highest BCUT2D eigenvalue weighted by Crippen LogP contribution is 2.28. The van der Waals surface area contributed by atoms with Gasteiger partial charge in [0.15, 0.2) is 16.8 Å². The quantitative estimate of drug-likeness (QED) is 0.0594. The Labute approximate surface area is 404 Å². The van der Waals surface area contributed by atoms with E-state index in [-0.39, 0.29) is 34.2 Å². The Morgan fingerprint density at radius 2 is 0.926 bits per heavy atom. The second-order valence-electron chi connectivity index (χ2n) is 17.9. The van der Waals surface area contributed by atoms with Crippen molar-refractivity contribution in [1.29, 1.82) is 0 Å². The number of aryl methyl sites for hydroxylation is 1. The van der Waals surface area contributed by atoms with Crippen molar-refractivity contribution in [3.05, 3.63) is 82.8 Å². The van der Waals surface area contributed by atoms with Crippen LogP contribution in [0.25, 0.3) is 0 Å². The number of aromatic hydroxyl groups is 1. The third-order valence-corrected chi connectivity index (χ3v) is 7.93. The van der Waals surface area contributed by atoms with E-state index in [1.165, 1.54) is 74.5 Å². The van der Waals surface area contributed by atoms with Crippen LogP contribution < -0.4 is 14.5 Å². The zero-order chi connectivity index (χ0) is 51.9. The molecule has 68 heavy (non-hydrogen) atoms. The number of carbonyl (C=O) groups is 6. The van der Waals surface area contributed by atoms with Gasteiger partial charge in [-0.1, -0.05) is 23.4 Å². The first-order valence-electron chi connectivity index (χ1n) is 20.4. The molecule has 0 aliphatic heterocycles. The summed E-state index contributed by atoms with van der Waals surface area (Å²) in [4.78, 5) is 91.0. The molecule has 2 aromatic heterocycles. The monoisotopic (exact) mass is 986 g/mol. The van der Waals surface area contributed by atoms with Crippen molar-refractivity contribution in [2.75, 3.05) is 30.3 Å². The van der Waals surface area contributed by atoms with E-state index in [1.807, 2.05) is 0 Å². The van der Waals surface area contributed by atoms with Gasteiger partial charge in [-0.05, 0) is 145 Å². The van der Waals surface area contributed by atoms with Crippen LogP contribution in [0.2, 0.25) is 5.15 Å². The number of carbonyl (C=O) groups excluding carboxylic acids is 6. The summed E-state index contributed by atoms with van der Waals surface area (Å²) in [6.45, 7) is 21.8. The average Bonchev–Trinajstić information content (AvgIpc) is 3.18. The molecule has 0 radical (unpaired) electrons. The average molecular weight is 988 g/mol. The molecule has 0 unspecified atom stereocenters. The summed E-state index contributed by atoms with van der Waals surface area (Å²) >= 11 is 7.18. The molecule has 0 fully saturated rings. The highest BCUT2D eigenvalue weighted by molar-refractivity contribution is 7.98. The zero-order valence-corrected chi connectivity index (χ0v) is 42.6. The summed E-state index contributed by atoms with van der Waals surface area (Å²) in [7, 11) is 2.61. The van der Waals surface area contributed by atoms with Crippen LogP contribution in [0.15, 0.2) is 65.8 Å². The number of amides is 4. The highest BCUT2D eigenvalue weighted by atomic mass is 35.5. The van der Waals surface area contributed by atoms with Gasteiger partial charge in [-0.25, -0.2) is 43.7 Å². The smallest absolute Gasteiger partial charge is 0.425 e. The molecule has 22 heteroatoms. The van der Waals surface area contributed by atoms with Gasteiger partial charge in [0.05, 0.1) is 25.3 Å². The molecular formula is C46H59ClN6O14S. The SMILES string of the molecule is COC(=O)c1ccc(O)cc1.COC(=O)c1ccc(Oc2cc(N(C(=O)OC(C)(C)C)C(=O)OC(C)(C)C)nc(C)n2)cc1.CSc1nc(Cl)cc(N(C(=O)OC(C)(C)C)C(=O)OC(C)(C)C)n1. The third kappa shape index (κ3) is 20.4. The predicted octanol–water partition coefficient (Wildman–Crippen LogP) is 10.7. The van der Waals surface area contributed by atoms with Gasteiger partial charge in [0.25, 0.3) is 0 Å². The van der Waals surface area contributed by atoms with Crippen molar-refractivity contribution in [1.82, 2.24) is 19.9 Å². The van der Waals surface area contributed by atoms with Gasteiger partial charge >= 0.3 is 36.3 Å². The molecule has 1 N–H and O–H groups in total. The number of halogens is 1. The Kier molecular flexibility index (Phi) is 20.5. The van der Waals surface area contributed by atoms with Crippen molar-refractivity contribution >= 4 is 71.3 Å². The zero-order valence-electron chi connectivity index (χ0n) is 41.0. The number of thioether (sulfide) groups is 1. The predicted molar refractivity (Wildman–Crippen MR) is 253 cm³/mol. The summed E-state index contributed by atoms with van der Waals surface area (Å²) in [5.74, 6) is -0.149. The van der Waals surface area contributed by atoms with E-state index in [0.29, 0.717) is 31.8 Å². The van der Waals surface area contributed by atoms with E-state index in [2.05, 4.69) is 29.4 Å². The number of hydrogen-bond acceptors (Lipinski definition) is 19. The van der Waals surface area contributed by atoms with Gasteiger partial charge in [0.1, 0.15) is 44.9 Å². The lowest BCUT2D eigenvalue weighted by Crippen LogP contribution is -2.44. The van der Waals surface area contributed by atoms with Gasteiger partial charge in [-0.2, -0.15) is 14.8 Å². The van der Waals surface area contributed by atoms with Gasteiger partial charge < -0.3 is 38.3 Å². The first kappa shape index (κ1) is 57.4. The molecule has 2 heterocycles. The Bertz CT molecular complexity index is 2340. The van der Waals surface area contributed by atoms with Crippen LogP contribution in [0.1, 0.15) is 110 Å². The number of esters is 2. The van der Waals surface area contributed by atoms with Crippen LogP contribution in [0, 0.1) is 6.92 Å². The number of phenols is 1. The number of methoxy groups -OCH3 is 2. The number of hydrogen-bond donors (Lipinski definition) is 1. The molecule has 370 valence electrons. The van der Waals surface area contributed by atoms with Crippen LogP contribution in [-0.4, -0.2) is 104 Å². The van der Waals surface area contributed by atoms with Crippen LogP contribution in [-0.2, 0) is 28.4 Å². The molecule has 0 aliphatic rings. The molecule has 4 amide bonds. The number of aromatic nitrogens is 4. The maximum atomic E-state index is 12.9. The molecule has 0 atom stereocenters. The topological polar surface area (TPSA) is 245 Å². The summed E-state index contributed by atoms with van der Waals surface area (Å²) in [5, 5.41) is 9.27. The Hall–Kier alpha value is -6.74. The molecule has 0 saturated carbocycles. The minimum Gasteiger partial charge on any atom is -0.508 e. The number of benzene rings is 2. The number of nitrogens with zero attached hydrogens (tertiary/aromatic N) is 6. The van der Waals surface area contributed by atoms with Crippen LogP contribution in [0.4, 0.5) is 30.8 Å². The fourth-order valence-electron chi connectivity index (χ4n) is 4.65. The Balaban J connectivity index is 0.000000393. The highest BCUT2D eigenvalue weighted by Gasteiger charge is 2.36. The van der Waals surface area contributed by atoms with Crippen molar-refractivity contribution in [2.24, 2.45) is 0 Å². The van der Waals surface area contributed by atoms with E-state index in [0.717, 1.165) is 0 Å². The van der Waals surface area contributed by atoms with Gasteiger partial charge in [0, 0.05) is 12.1 Å². The fraction of sp³-hybridized carbons (Fsp3) is 0.435. The number of phenolic OH excluding ortho intramolecular Hbond substituents is 1. The van der Waals surface area contributed by atoms with Crippen molar-refractivity contribution in [3.8, 4) is 17.4 Å². The van der Waals surface area contributed by atoms with E-state index >= 15 is 0 Å². The second-order valence-corrected chi connectivity index (χ2v) is 19.1. The molecule has 2 aromatic carbocycles. The van der Waals surface area contributed by atoms with Crippen molar-refractivity contribution in [2.45, 2.75) is 118 Å². The fourth-order valence-corrected chi connectivity index (χ4v) is 5.25.